The van der Waals surface area contributed by atoms with E-state index in [1.807, 2.05) is 17.5 Å². The van der Waals surface area contributed by atoms with Gasteiger partial charge < -0.3 is 4.74 Å². The molecule has 4 nitrogen and oxygen atoms in total. The molecule has 1 heterocycles. The molecule has 5 heteroatoms. The molecule has 0 spiro atoms. The third-order valence-electron chi connectivity index (χ3n) is 2.44. The Balaban J connectivity index is 2.16. The molecule has 0 atom stereocenters. The minimum absolute atomic E-state index is 0.346. The molecule has 0 unspecified atom stereocenters. The number of carbonyl (C=O) groups excluding carboxylic acids is 1. The van der Waals surface area contributed by atoms with Crippen molar-refractivity contribution in [2.24, 2.45) is 0 Å². The highest BCUT2D eigenvalue weighted by Crippen LogP contribution is 2.14. The summed E-state index contributed by atoms with van der Waals surface area (Å²) in [6.45, 7) is 2.11. The second kappa shape index (κ2) is 6.15. The van der Waals surface area contributed by atoms with Crippen LogP contribution in [0.15, 0.2) is 41.8 Å². The van der Waals surface area contributed by atoms with E-state index >= 15 is 0 Å². The third kappa shape index (κ3) is 3.42. The Morgan fingerprint density at radius 1 is 1.37 bits per heavy atom. The first-order chi connectivity index (χ1) is 9.20. The maximum Gasteiger partial charge on any atom is 0.338 e. The molecule has 0 amide bonds. The molecule has 0 aliphatic rings. The van der Waals surface area contributed by atoms with Gasteiger partial charge >= 0.3 is 5.97 Å². The predicted molar refractivity (Wildman–Crippen MR) is 73.6 cm³/mol. The summed E-state index contributed by atoms with van der Waals surface area (Å²) in [5.74, 6) is -0.360. The van der Waals surface area contributed by atoms with E-state index in [2.05, 4.69) is 0 Å². The molecule has 0 fully saturated rings. The Kier molecular flexibility index (Phi) is 4.30. The van der Waals surface area contributed by atoms with Crippen LogP contribution in [0.4, 0.5) is 5.69 Å². The summed E-state index contributed by atoms with van der Waals surface area (Å²) in [7, 11) is 0. The number of ether oxygens (including phenoxy) is 1. The fourth-order valence-electron chi connectivity index (χ4n) is 1.52. The minimum Gasteiger partial charge on any atom is -0.462 e. The second-order valence-electron chi connectivity index (χ2n) is 3.76. The van der Waals surface area contributed by atoms with E-state index in [4.69, 9.17) is 4.74 Å². The minimum atomic E-state index is -0.360. The van der Waals surface area contributed by atoms with Crippen LogP contribution in [-0.2, 0) is 4.74 Å². The second-order valence-corrected chi connectivity index (χ2v) is 4.74. The molecule has 0 saturated heterocycles. The van der Waals surface area contributed by atoms with E-state index in [9.17, 15) is 10.0 Å². The quantitative estimate of drug-likeness (QED) is 0.307. The van der Waals surface area contributed by atoms with Crippen molar-refractivity contribution < 1.29 is 19.5 Å². The zero-order valence-corrected chi connectivity index (χ0v) is 11.3. The van der Waals surface area contributed by atoms with E-state index < -0.39 is 0 Å². The van der Waals surface area contributed by atoms with E-state index in [1.54, 1.807) is 37.4 Å². The number of carbonyl (C=O) groups is 1. The fraction of sp³-hybridized carbons (Fsp3) is 0.143. The molecule has 98 valence electrons. The van der Waals surface area contributed by atoms with Crippen LogP contribution >= 0.6 is 11.3 Å². The van der Waals surface area contributed by atoms with Gasteiger partial charge in [-0.3, -0.25) is 5.21 Å². The van der Waals surface area contributed by atoms with E-state index in [-0.39, 0.29) is 5.97 Å². The summed E-state index contributed by atoms with van der Waals surface area (Å²) in [5.41, 5.74) is 1.05. The first kappa shape index (κ1) is 13.3. The molecule has 0 saturated carbocycles. The topological polar surface area (TPSA) is 49.5 Å². The monoisotopic (exact) mass is 276 g/mol. The lowest BCUT2D eigenvalue weighted by Gasteiger charge is -2.00. The summed E-state index contributed by atoms with van der Waals surface area (Å²) < 4.78 is 5.92. The molecule has 19 heavy (non-hydrogen) atoms. The third-order valence-corrected chi connectivity index (χ3v) is 3.24. The van der Waals surface area contributed by atoms with Gasteiger partial charge in [0, 0.05) is 16.9 Å². The van der Waals surface area contributed by atoms with E-state index in [1.165, 1.54) is 11.3 Å². The van der Waals surface area contributed by atoms with Crippen molar-refractivity contribution >= 4 is 29.2 Å². The maximum atomic E-state index is 11.5. The van der Waals surface area contributed by atoms with Crippen LogP contribution in [-0.4, -0.2) is 28.7 Å². The Hall–Kier alpha value is -2.14. The van der Waals surface area contributed by atoms with Crippen molar-refractivity contribution in [3.05, 3.63) is 52.2 Å². The molecular weight excluding hydrogens is 262 g/mol. The van der Waals surface area contributed by atoms with Gasteiger partial charge in [-0.05, 0) is 30.5 Å². The highest BCUT2D eigenvalue weighted by atomic mass is 32.1. The number of hydrogen-bond donors (Lipinski definition) is 1. The first-order valence-corrected chi connectivity index (χ1v) is 6.72. The van der Waals surface area contributed by atoms with E-state index in [0.717, 1.165) is 9.62 Å². The SMILES string of the molecule is CCOC(=O)c1ccc([N+](O)=Cc2cccs2)cc1. The van der Waals surface area contributed by atoms with Crippen molar-refractivity contribution in [3.8, 4) is 0 Å². The van der Waals surface area contributed by atoms with Gasteiger partial charge in [-0.2, -0.15) is 0 Å². The summed E-state index contributed by atoms with van der Waals surface area (Å²) >= 11 is 1.53. The summed E-state index contributed by atoms with van der Waals surface area (Å²) in [5, 5.41) is 11.8. The largest absolute Gasteiger partial charge is 0.462 e. The Morgan fingerprint density at radius 2 is 2.11 bits per heavy atom. The average Bonchev–Trinajstić information content (AvgIpc) is 2.92. The van der Waals surface area contributed by atoms with Gasteiger partial charge in [0.2, 0.25) is 6.21 Å². The van der Waals surface area contributed by atoms with Crippen molar-refractivity contribution in [3.63, 3.8) is 0 Å². The van der Waals surface area contributed by atoms with Gasteiger partial charge in [-0.15, -0.1) is 11.3 Å². The molecule has 0 aliphatic carbocycles. The standard InChI is InChI=1S/C14H14NO3S/c1-2-18-14(16)11-5-7-12(8-6-11)15(17)10-13-4-3-9-19-13/h3-10,17H,2H2,1H3/q+1. The van der Waals surface area contributed by atoms with Crippen molar-refractivity contribution in [1.29, 1.82) is 0 Å². The van der Waals surface area contributed by atoms with Crippen LogP contribution in [0.3, 0.4) is 0 Å². The molecule has 0 aliphatic heterocycles. The number of benzene rings is 1. The predicted octanol–water partition coefficient (Wildman–Crippen LogP) is 3.08. The van der Waals surface area contributed by atoms with Crippen LogP contribution in [0.25, 0.3) is 0 Å². The lowest BCUT2D eigenvalue weighted by atomic mass is 10.2. The number of nitrogens with zero attached hydrogens (tertiary/aromatic N) is 1. The van der Waals surface area contributed by atoms with Gasteiger partial charge in [-0.25, -0.2) is 4.79 Å². The van der Waals surface area contributed by atoms with Gasteiger partial charge in [0.05, 0.1) is 17.0 Å². The molecule has 1 aromatic carbocycles. The maximum absolute atomic E-state index is 11.5. The number of esters is 1. The van der Waals surface area contributed by atoms with Gasteiger partial charge in [0.25, 0.3) is 5.69 Å². The highest BCUT2D eigenvalue weighted by molar-refractivity contribution is 7.11. The van der Waals surface area contributed by atoms with Crippen LogP contribution in [0, 0.1) is 0 Å². The van der Waals surface area contributed by atoms with Gasteiger partial charge in [0.1, 0.15) is 0 Å². The normalized spacial score (nSPS) is 11.3. The lowest BCUT2D eigenvalue weighted by molar-refractivity contribution is -0.709. The number of hydrogen-bond acceptors (Lipinski definition) is 4. The Labute approximate surface area is 115 Å². The van der Waals surface area contributed by atoms with Crippen LogP contribution in [0.2, 0.25) is 0 Å². The molecule has 2 rings (SSSR count). The Bertz CT molecular complexity index is 573. The van der Waals surface area contributed by atoms with Crippen molar-refractivity contribution in [2.75, 3.05) is 6.61 Å². The van der Waals surface area contributed by atoms with Crippen LogP contribution in [0.1, 0.15) is 22.2 Å². The van der Waals surface area contributed by atoms with Gasteiger partial charge in [-0.1, -0.05) is 6.07 Å². The van der Waals surface area contributed by atoms with Crippen molar-refractivity contribution in [1.82, 2.24) is 0 Å². The number of thiophene rings is 1. The smallest absolute Gasteiger partial charge is 0.338 e. The molecule has 1 aromatic heterocycles. The average molecular weight is 276 g/mol. The van der Waals surface area contributed by atoms with Crippen LogP contribution in [0.5, 0.6) is 0 Å². The summed E-state index contributed by atoms with van der Waals surface area (Å²) in [6.07, 6.45) is 1.62. The first-order valence-electron chi connectivity index (χ1n) is 5.84. The lowest BCUT2D eigenvalue weighted by Crippen LogP contribution is -2.05. The molecule has 0 bridgehead atoms. The van der Waals surface area contributed by atoms with Crippen LogP contribution < -0.4 is 0 Å². The molecule has 2 aromatic rings. The fourth-order valence-corrected chi connectivity index (χ4v) is 2.16. The van der Waals surface area contributed by atoms with Crippen molar-refractivity contribution in [2.45, 2.75) is 6.92 Å². The summed E-state index contributed by atoms with van der Waals surface area (Å²) in [6, 6.07) is 10.4. The zero-order chi connectivity index (χ0) is 13.7. The molecular formula is C14H14NO3S+. The molecule has 1 N–H and O–H groups in total. The molecule has 0 radical (unpaired) electrons. The zero-order valence-electron chi connectivity index (χ0n) is 10.4. The summed E-state index contributed by atoms with van der Waals surface area (Å²) in [4.78, 5) is 12.4. The van der Waals surface area contributed by atoms with Gasteiger partial charge in [0.15, 0.2) is 0 Å². The number of rotatable bonds is 4. The Morgan fingerprint density at radius 3 is 2.68 bits per heavy atom. The van der Waals surface area contributed by atoms with E-state index in [0.29, 0.717) is 17.9 Å². The highest BCUT2D eigenvalue weighted by Gasteiger charge is 2.11.